The Labute approximate surface area is 165 Å². The zero-order valence-corrected chi connectivity index (χ0v) is 17.8. The third-order valence-electron chi connectivity index (χ3n) is 4.99. The Kier molecular flexibility index (Phi) is 14.8. The minimum Gasteiger partial charge on any atom is -0.481 e. The summed E-state index contributed by atoms with van der Waals surface area (Å²) in [5.41, 5.74) is 0. The summed E-state index contributed by atoms with van der Waals surface area (Å²) < 4.78 is 5.45. The number of aliphatic carboxylic acids is 1. The largest absolute Gasteiger partial charge is 0.481 e. The maximum Gasteiger partial charge on any atom is 0.303 e. The van der Waals surface area contributed by atoms with Gasteiger partial charge < -0.3 is 9.84 Å². The Morgan fingerprint density at radius 3 is 1.85 bits per heavy atom. The lowest BCUT2D eigenvalue weighted by Gasteiger charge is -2.19. The van der Waals surface area contributed by atoms with Crippen molar-refractivity contribution >= 4 is 17.7 Å². The van der Waals surface area contributed by atoms with Crippen molar-refractivity contribution in [3.8, 4) is 0 Å². The summed E-state index contributed by atoms with van der Waals surface area (Å²) in [7, 11) is 0. The first-order chi connectivity index (χ1) is 12.7. The average Bonchev–Trinajstić information content (AvgIpc) is 2.54. The zero-order valence-electron chi connectivity index (χ0n) is 17.8. The van der Waals surface area contributed by atoms with Crippen LogP contribution in [0.4, 0.5) is 0 Å². The van der Waals surface area contributed by atoms with Gasteiger partial charge in [-0.1, -0.05) is 39.5 Å². The van der Waals surface area contributed by atoms with Gasteiger partial charge >= 0.3 is 11.9 Å². The van der Waals surface area contributed by atoms with Crippen LogP contribution in [-0.2, 0) is 19.1 Å². The summed E-state index contributed by atoms with van der Waals surface area (Å²) in [5, 5.41) is 8.63. The van der Waals surface area contributed by atoms with Crippen LogP contribution in [0.25, 0.3) is 0 Å². The van der Waals surface area contributed by atoms with E-state index in [4.69, 9.17) is 9.84 Å². The Balaban J connectivity index is 4.14. The molecule has 0 aromatic carbocycles. The molecule has 0 saturated carbocycles. The lowest BCUT2D eigenvalue weighted by molar-refractivity contribution is -0.147. The van der Waals surface area contributed by atoms with Gasteiger partial charge in [0.1, 0.15) is 11.9 Å². The second-order valence-electron chi connectivity index (χ2n) is 8.14. The van der Waals surface area contributed by atoms with Gasteiger partial charge in [-0.3, -0.25) is 14.4 Å². The van der Waals surface area contributed by atoms with E-state index < -0.39 is 5.97 Å². The van der Waals surface area contributed by atoms with Crippen molar-refractivity contribution < 1.29 is 24.2 Å². The number of ether oxygens (including phenoxy) is 1. The molecule has 27 heavy (non-hydrogen) atoms. The number of ketones is 1. The van der Waals surface area contributed by atoms with Crippen LogP contribution in [0.2, 0.25) is 0 Å². The average molecular weight is 385 g/mol. The maximum atomic E-state index is 11.9. The Bertz CT molecular complexity index is 430. The molecule has 0 amide bonds. The highest BCUT2D eigenvalue weighted by Crippen LogP contribution is 2.21. The van der Waals surface area contributed by atoms with Crippen LogP contribution in [0, 0.1) is 11.8 Å². The molecule has 0 radical (unpaired) electrons. The van der Waals surface area contributed by atoms with Gasteiger partial charge in [-0.2, -0.15) is 0 Å². The molecule has 158 valence electrons. The molecule has 2 unspecified atom stereocenters. The lowest BCUT2D eigenvalue weighted by atomic mass is 9.90. The van der Waals surface area contributed by atoms with E-state index in [-0.39, 0.29) is 30.2 Å². The van der Waals surface area contributed by atoms with Crippen molar-refractivity contribution in [1.29, 1.82) is 0 Å². The Hall–Kier alpha value is -1.39. The molecule has 0 aromatic heterocycles. The predicted octanol–water partition coefficient (Wildman–Crippen LogP) is 5.55. The second kappa shape index (κ2) is 15.6. The number of unbranched alkanes of at least 4 members (excludes halogenated alkanes) is 3. The molecular weight excluding hydrogens is 344 g/mol. The number of carboxylic acid groups (broad SMARTS) is 1. The molecule has 0 aliphatic heterocycles. The maximum absolute atomic E-state index is 11.9. The van der Waals surface area contributed by atoms with Gasteiger partial charge in [-0.25, -0.2) is 0 Å². The normalized spacial score (nSPS) is 13.4. The van der Waals surface area contributed by atoms with E-state index in [0.29, 0.717) is 12.3 Å². The molecule has 0 aliphatic rings. The van der Waals surface area contributed by atoms with Crippen molar-refractivity contribution in [2.45, 2.75) is 111 Å². The van der Waals surface area contributed by atoms with Gasteiger partial charge in [0.15, 0.2) is 0 Å². The lowest BCUT2D eigenvalue weighted by Crippen LogP contribution is -2.18. The molecule has 5 nitrogen and oxygen atoms in total. The zero-order chi connectivity index (χ0) is 20.7. The first kappa shape index (κ1) is 25.6. The van der Waals surface area contributed by atoms with E-state index in [9.17, 15) is 14.4 Å². The molecule has 2 atom stereocenters. The SMILES string of the molecule is CC(=O)OC(CCCC(C)C)CCCC(CCCCCCC(=O)O)C(C)=O. The standard InChI is InChI=1S/C22H40O5/c1-17(2)11-9-14-21(27-19(4)24)15-10-13-20(18(3)23)12-7-5-6-8-16-22(25)26/h17,20-21H,5-16H2,1-4H3,(H,25,26). The van der Waals surface area contributed by atoms with Gasteiger partial charge in [0, 0.05) is 19.3 Å². The Morgan fingerprint density at radius 1 is 0.778 bits per heavy atom. The van der Waals surface area contributed by atoms with Crippen LogP contribution in [-0.4, -0.2) is 28.9 Å². The highest BCUT2D eigenvalue weighted by Gasteiger charge is 2.17. The van der Waals surface area contributed by atoms with Crippen LogP contribution < -0.4 is 0 Å². The van der Waals surface area contributed by atoms with E-state index in [1.807, 2.05) is 0 Å². The monoisotopic (exact) mass is 384 g/mol. The van der Waals surface area contributed by atoms with Crippen LogP contribution in [0.15, 0.2) is 0 Å². The molecule has 0 rings (SSSR count). The molecule has 0 heterocycles. The first-order valence-corrected chi connectivity index (χ1v) is 10.6. The van der Waals surface area contributed by atoms with E-state index in [1.165, 1.54) is 6.92 Å². The van der Waals surface area contributed by atoms with Crippen LogP contribution >= 0.6 is 0 Å². The summed E-state index contributed by atoms with van der Waals surface area (Å²) in [5.74, 6) is -0.0237. The minimum atomic E-state index is -0.743. The van der Waals surface area contributed by atoms with Crippen molar-refractivity contribution in [2.75, 3.05) is 0 Å². The van der Waals surface area contributed by atoms with Crippen molar-refractivity contribution in [3.05, 3.63) is 0 Å². The number of carboxylic acids is 1. The molecule has 0 bridgehead atoms. The molecule has 0 aliphatic carbocycles. The fourth-order valence-electron chi connectivity index (χ4n) is 3.41. The quantitative estimate of drug-likeness (QED) is 0.263. The number of rotatable bonds is 17. The predicted molar refractivity (Wildman–Crippen MR) is 108 cm³/mol. The minimum absolute atomic E-state index is 0.0372. The van der Waals surface area contributed by atoms with Crippen molar-refractivity contribution in [2.24, 2.45) is 11.8 Å². The number of carbonyl (C=O) groups excluding carboxylic acids is 2. The summed E-state index contributed by atoms with van der Waals surface area (Å²) >= 11 is 0. The fourth-order valence-corrected chi connectivity index (χ4v) is 3.41. The van der Waals surface area contributed by atoms with Gasteiger partial charge in [0.05, 0.1) is 0 Å². The summed E-state index contributed by atoms with van der Waals surface area (Å²) in [4.78, 5) is 33.7. The van der Waals surface area contributed by atoms with E-state index in [2.05, 4.69) is 13.8 Å². The van der Waals surface area contributed by atoms with Gasteiger partial charge in [-0.05, 0) is 57.8 Å². The molecule has 0 aromatic rings. The third-order valence-corrected chi connectivity index (χ3v) is 4.99. The molecular formula is C22H40O5. The highest BCUT2D eigenvalue weighted by molar-refractivity contribution is 5.78. The number of Topliss-reactive ketones (excluding diaryl/α,β-unsaturated/α-hetero) is 1. The van der Waals surface area contributed by atoms with E-state index in [1.54, 1.807) is 6.92 Å². The number of hydrogen-bond donors (Lipinski definition) is 1. The number of carbonyl (C=O) groups is 3. The van der Waals surface area contributed by atoms with Gasteiger partial charge in [-0.15, -0.1) is 0 Å². The Morgan fingerprint density at radius 2 is 1.33 bits per heavy atom. The van der Waals surface area contributed by atoms with Gasteiger partial charge in [0.25, 0.3) is 0 Å². The third kappa shape index (κ3) is 16.5. The van der Waals surface area contributed by atoms with Gasteiger partial charge in [0.2, 0.25) is 0 Å². The number of hydrogen-bond acceptors (Lipinski definition) is 4. The van der Waals surface area contributed by atoms with Crippen LogP contribution in [0.5, 0.6) is 0 Å². The molecule has 1 N–H and O–H groups in total. The number of esters is 1. The fraction of sp³-hybridized carbons (Fsp3) is 0.864. The van der Waals surface area contributed by atoms with Crippen LogP contribution in [0.3, 0.4) is 0 Å². The molecule has 0 spiro atoms. The first-order valence-electron chi connectivity index (χ1n) is 10.6. The topological polar surface area (TPSA) is 80.7 Å². The smallest absolute Gasteiger partial charge is 0.303 e. The molecule has 0 fully saturated rings. The van der Waals surface area contributed by atoms with E-state index >= 15 is 0 Å². The second-order valence-corrected chi connectivity index (χ2v) is 8.14. The van der Waals surface area contributed by atoms with Crippen molar-refractivity contribution in [3.63, 3.8) is 0 Å². The summed E-state index contributed by atoms with van der Waals surface area (Å²) in [6, 6.07) is 0. The highest BCUT2D eigenvalue weighted by atomic mass is 16.5. The van der Waals surface area contributed by atoms with Crippen LogP contribution in [0.1, 0.15) is 105 Å². The molecule has 0 saturated heterocycles. The van der Waals surface area contributed by atoms with E-state index in [0.717, 1.165) is 64.2 Å². The van der Waals surface area contributed by atoms with Crippen molar-refractivity contribution in [1.82, 2.24) is 0 Å². The molecule has 5 heteroatoms. The summed E-state index contributed by atoms with van der Waals surface area (Å²) in [6.45, 7) is 7.50. The summed E-state index contributed by atoms with van der Waals surface area (Å²) in [6.07, 6.45) is 10.2.